The van der Waals surface area contributed by atoms with E-state index in [0.29, 0.717) is 112 Å². The van der Waals surface area contributed by atoms with Crippen LogP contribution >= 0.6 is 0 Å². The second-order valence-corrected chi connectivity index (χ2v) is 21.5. The lowest BCUT2D eigenvalue weighted by molar-refractivity contribution is -0.152. The number of hydrogen-bond donors (Lipinski definition) is 0. The monoisotopic (exact) mass is 1120 g/mol. The molecule has 2 aliphatic rings. The molecule has 0 N–H and O–H groups in total. The van der Waals surface area contributed by atoms with Crippen LogP contribution < -0.4 is 28.4 Å². The lowest BCUT2D eigenvalue weighted by Gasteiger charge is -2.26. The largest absolute Gasteiger partial charge is 0.494 e. The molecule has 14 heteroatoms. The zero-order chi connectivity index (χ0) is 57.3. The maximum absolute atomic E-state index is 13.7. The summed E-state index contributed by atoms with van der Waals surface area (Å²) in [5, 5.41) is 2.18. The molecule has 0 radical (unpaired) electrons. The van der Waals surface area contributed by atoms with Crippen molar-refractivity contribution in [2.45, 2.75) is 129 Å². The number of esters is 4. The van der Waals surface area contributed by atoms with E-state index in [1.165, 1.54) is 6.42 Å². The summed E-state index contributed by atoms with van der Waals surface area (Å²) in [5.74, 6) is 1.37. The highest BCUT2D eigenvalue weighted by atomic mass is 16.5. The third kappa shape index (κ3) is 18.5. The molecule has 6 aromatic rings. The van der Waals surface area contributed by atoms with Crippen molar-refractivity contribution in [3.8, 4) is 40.4 Å². The second-order valence-electron chi connectivity index (χ2n) is 21.5. The molecule has 0 amide bonds. The van der Waals surface area contributed by atoms with Crippen LogP contribution in [0, 0.1) is 23.7 Å². The minimum Gasteiger partial charge on any atom is -0.494 e. The van der Waals surface area contributed by atoms with E-state index in [-0.39, 0.29) is 66.6 Å². The van der Waals surface area contributed by atoms with E-state index >= 15 is 0 Å². The number of benzene rings is 5. The zero-order valence-electron chi connectivity index (χ0n) is 47.9. The van der Waals surface area contributed by atoms with Crippen LogP contribution in [0.1, 0.15) is 127 Å². The molecule has 1 aromatic heterocycles. The highest BCUT2D eigenvalue weighted by Gasteiger charge is 2.34. The Morgan fingerprint density at radius 2 is 0.890 bits per heavy atom. The molecule has 0 spiro atoms. The van der Waals surface area contributed by atoms with E-state index in [2.05, 4.69) is 13.5 Å². The lowest BCUT2D eigenvalue weighted by Crippen LogP contribution is -2.29. The summed E-state index contributed by atoms with van der Waals surface area (Å²) < 4.78 is 52.7. The average molecular weight is 1120 g/mol. The van der Waals surface area contributed by atoms with Gasteiger partial charge in [-0.2, -0.15) is 0 Å². The van der Waals surface area contributed by atoms with E-state index < -0.39 is 0 Å². The molecule has 0 unspecified atom stereocenters. The quantitative estimate of drug-likeness (QED) is 0.0129. The van der Waals surface area contributed by atoms with Crippen molar-refractivity contribution < 1.29 is 61.8 Å². The third-order valence-electron chi connectivity index (χ3n) is 15.4. The zero-order valence-corrected chi connectivity index (χ0v) is 47.9. The number of unbranched alkanes of at least 4 members (excludes halogenated alkanes) is 6. The van der Waals surface area contributed by atoms with Crippen LogP contribution in [0.25, 0.3) is 21.7 Å². The Labute approximate surface area is 483 Å². The predicted octanol–water partition coefficient (Wildman–Crippen LogP) is 14.7. The van der Waals surface area contributed by atoms with E-state index in [9.17, 15) is 19.2 Å². The Bertz CT molecular complexity index is 2980. The van der Waals surface area contributed by atoms with Gasteiger partial charge in [0.25, 0.3) is 0 Å². The van der Waals surface area contributed by atoms with Crippen LogP contribution in [-0.4, -0.2) is 75.6 Å². The first kappa shape index (κ1) is 60.6. The SMILES string of the molecule is C=CCCCCOc1ccc(CCOC(=O)C2CCC(C(=O)Oc3ccc4c(c3)c(Oc3ccc(OCCCCCC)cc3)nc3cc(OC(=O)C5CCC(C(=O)OCCc6ccc(OCCCCOC)cc6)CC5)ccc34)CC2)cc1. The summed E-state index contributed by atoms with van der Waals surface area (Å²) in [5.41, 5.74) is 2.65. The number of ether oxygens (including phenoxy) is 9. The molecule has 1 heterocycles. The summed E-state index contributed by atoms with van der Waals surface area (Å²) in [6.07, 6.45) is 16.6. The number of hydrogen-bond acceptors (Lipinski definition) is 14. The van der Waals surface area contributed by atoms with Crippen LogP contribution in [0.3, 0.4) is 0 Å². The molecule has 2 aliphatic carbocycles. The van der Waals surface area contributed by atoms with Crippen LogP contribution in [0.15, 0.2) is 122 Å². The summed E-state index contributed by atoms with van der Waals surface area (Å²) in [7, 11) is 1.70. The number of carbonyl (C=O) groups excluding carboxylic acids is 4. The first-order valence-electron chi connectivity index (χ1n) is 29.7. The van der Waals surface area contributed by atoms with Gasteiger partial charge in [-0.25, -0.2) is 4.98 Å². The molecule has 2 saturated carbocycles. The highest BCUT2D eigenvalue weighted by molar-refractivity contribution is 6.08. The Balaban J connectivity index is 0.848. The number of aromatic nitrogens is 1. The normalized spacial score (nSPS) is 16.9. The number of rotatable bonds is 32. The Morgan fingerprint density at radius 1 is 0.463 bits per heavy atom. The summed E-state index contributed by atoms with van der Waals surface area (Å²) in [4.78, 5) is 58.5. The topological polar surface area (TPSA) is 164 Å². The van der Waals surface area contributed by atoms with Crippen molar-refractivity contribution in [2.24, 2.45) is 23.7 Å². The highest BCUT2D eigenvalue weighted by Crippen LogP contribution is 2.39. The van der Waals surface area contributed by atoms with Gasteiger partial charge in [-0.1, -0.05) is 56.5 Å². The molecule has 436 valence electrons. The smallest absolute Gasteiger partial charge is 0.314 e. The minimum absolute atomic E-state index is 0.233. The van der Waals surface area contributed by atoms with Gasteiger partial charge in [0, 0.05) is 43.4 Å². The van der Waals surface area contributed by atoms with Gasteiger partial charge in [0.1, 0.15) is 34.5 Å². The molecular weight excluding hydrogens is 1040 g/mol. The van der Waals surface area contributed by atoms with E-state index in [1.807, 2.05) is 91.0 Å². The molecule has 5 aromatic carbocycles. The fourth-order valence-corrected chi connectivity index (χ4v) is 10.5. The second kappa shape index (κ2) is 32.3. The molecule has 0 saturated heterocycles. The number of nitrogens with zero attached hydrogens (tertiary/aromatic N) is 1. The van der Waals surface area contributed by atoms with Gasteiger partial charge in [-0.15, -0.1) is 6.58 Å². The van der Waals surface area contributed by atoms with Gasteiger partial charge >= 0.3 is 23.9 Å². The van der Waals surface area contributed by atoms with E-state index in [4.69, 9.17) is 47.6 Å². The number of carbonyl (C=O) groups is 4. The van der Waals surface area contributed by atoms with Crippen LogP contribution in [0.5, 0.6) is 40.4 Å². The molecule has 82 heavy (non-hydrogen) atoms. The molecule has 14 nitrogen and oxygen atoms in total. The number of methoxy groups -OCH3 is 1. The van der Waals surface area contributed by atoms with Gasteiger partial charge in [0.2, 0.25) is 5.88 Å². The Kier molecular flexibility index (Phi) is 23.9. The predicted molar refractivity (Wildman–Crippen MR) is 316 cm³/mol. The first-order chi connectivity index (χ1) is 40.2. The number of allylic oxidation sites excluding steroid dienone is 1. The van der Waals surface area contributed by atoms with E-state index in [1.54, 1.807) is 31.4 Å². The maximum Gasteiger partial charge on any atom is 0.314 e. The van der Waals surface area contributed by atoms with Crippen molar-refractivity contribution in [3.63, 3.8) is 0 Å². The molecule has 2 fully saturated rings. The molecule has 8 rings (SSSR count). The van der Waals surface area contributed by atoms with Gasteiger partial charge in [-0.3, -0.25) is 19.2 Å². The van der Waals surface area contributed by atoms with Crippen molar-refractivity contribution in [1.29, 1.82) is 0 Å². The standard InChI is InChI=1S/C68H81NO13/c1-4-6-8-10-41-75-54-26-14-48(15-27-54)38-44-78-65(70)50-18-22-52(23-19-50)67(72)81-58-34-36-60-61-37-35-59(47-63(61)69-64(62(60)46-58)80-57-32-30-56(31-33-57)76-42-11-9-7-5-2)82-68(73)53-24-20-51(21-25-53)66(71)79-45-39-49-16-28-55(29-17-49)77-43-13-12-40-74-3/h4,14-17,26-37,46-47,50-53H,1,5-13,18-25,38-45H2,2-3H3. The van der Waals surface area contributed by atoms with Gasteiger partial charge in [0.15, 0.2) is 0 Å². The molecular formula is C68H81NO13. The number of pyridine rings is 1. The third-order valence-corrected chi connectivity index (χ3v) is 15.4. The Morgan fingerprint density at radius 3 is 1.39 bits per heavy atom. The first-order valence-corrected chi connectivity index (χ1v) is 29.7. The van der Waals surface area contributed by atoms with Crippen molar-refractivity contribution >= 4 is 45.6 Å². The lowest BCUT2D eigenvalue weighted by atomic mass is 9.82. The van der Waals surface area contributed by atoms with Gasteiger partial charge in [-0.05, 0) is 185 Å². The summed E-state index contributed by atoms with van der Waals surface area (Å²) in [6, 6.07) is 33.9. The van der Waals surface area contributed by atoms with Crippen LogP contribution in [0.2, 0.25) is 0 Å². The van der Waals surface area contributed by atoms with Crippen molar-refractivity contribution in [3.05, 3.63) is 133 Å². The summed E-state index contributed by atoms with van der Waals surface area (Å²) in [6.45, 7) is 9.15. The summed E-state index contributed by atoms with van der Waals surface area (Å²) >= 11 is 0. The number of fused-ring (bicyclic) bond motifs is 3. The molecule has 0 bridgehead atoms. The van der Waals surface area contributed by atoms with Crippen LogP contribution in [-0.2, 0) is 46.2 Å². The van der Waals surface area contributed by atoms with Crippen molar-refractivity contribution in [1.82, 2.24) is 4.98 Å². The van der Waals surface area contributed by atoms with Crippen LogP contribution in [0.4, 0.5) is 0 Å². The maximum atomic E-state index is 13.7. The average Bonchev–Trinajstić information content (AvgIpc) is 3.68. The van der Waals surface area contributed by atoms with Gasteiger partial charge < -0.3 is 42.6 Å². The molecule has 0 aliphatic heterocycles. The fraction of sp³-hybridized carbons (Fsp3) is 0.456. The van der Waals surface area contributed by atoms with E-state index in [0.717, 1.165) is 97.1 Å². The van der Waals surface area contributed by atoms with Gasteiger partial charge in [0.05, 0.1) is 62.2 Å². The fourth-order valence-electron chi connectivity index (χ4n) is 10.5. The molecule has 0 atom stereocenters. The minimum atomic E-state index is -0.374. The van der Waals surface area contributed by atoms with Crippen molar-refractivity contribution in [2.75, 3.05) is 46.8 Å². The Hall–Kier alpha value is -7.45.